The number of alkyl halides is 1. The van der Waals surface area contributed by atoms with Crippen molar-refractivity contribution in [1.29, 1.82) is 0 Å². The third-order valence-corrected chi connectivity index (χ3v) is 2.78. The standard InChI is InChI=1S/C10H18ClN/c1-12(9-5-4-8-11)10-6-2-3-7-10/h4-5,10H,2-3,6-9H2,1H3. The molecule has 1 aliphatic rings. The lowest BCUT2D eigenvalue weighted by atomic mass is 10.2. The molecule has 1 nitrogen and oxygen atoms in total. The van der Waals surface area contributed by atoms with E-state index in [2.05, 4.69) is 18.0 Å². The maximum atomic E-state index is 5.54. The van der Waals surface area contributed by atoms with Crippen molar-refractivity contribution in [1.82, 2.24) is 4.90 Å². The zero-order chi connectivity index (χ0) is 8.81. The zero-order valence-corrected chi connectivity index (χ0v) is 8.56. The number of nitrogens with zero attached hydrogens (tertiary/aromatic N) is 1. The minimum absolute atomic E-state index is 0.637. The van der Waals surface area contributed by atoms with E-state index in [-0.39, 0.29) is 0 Å². The molecule has 1 rings (SSSR count). The van der Waals surface area contributed by atoms with Crippen molar-refractivity contribution in [3.05, 3.63) is 12.2 Å². The molecule has 1 fully saturated rings. The highest BCUT2D eigenvalue weighted by atomic mass is 35.5. The Morgan fingerprint density at radius 2 is 2.00 bits per heavy atom. The summed E-state index contributed by atoms with van der Waals surface area (Å²) in [5, 5.41) is 0. The van der Waals surface area contributed by atoms with Gasteiger partial charge in [0.25, 0.3) is 0 Å². The number of halogens is 1. The van der Waals surface area contributed by atoms with Crippen LogP contribution in [0.3, 0.4) is 0 Å². The largest absolute Gasteiger partial charge is 0.300 e. The van der Waals surface area contributed by atoms with Crippen molar-refractivity contribution in [3.63, 3.8) is 0 Å². The third kappa shape index (κ3) is 3.16. The molecule has 0 bridgehead atoms. The second-order valence-electron chi connectivity index (χ2n) is 3.50. The maximum absolute atomic E-state index is 5.54. The van der Waals surface area contributed by atoms with Crippen LogP contribution in [-0.4, -0.2) is 30.4 Å². The van der Waals surface area contributed by atoms with Gasteiger partial charge in [-0.15, -0.1) is 11.6 Å². The molecule has 12 heavy (non-hydrogen) atoms. The first-order valence-electron chi connectivity index (χ1n) is 4.76. The smallest absolute Gasteiger partial charge is 0.0404 e. The molecule has 0 heterocycles. The van der Waals surface area contributed by atoms with E-state index in [1.54, 1.807) is 0 Å². The maximum Gasteiger partial charge on any atom is 0.0404 e. The second kappa shape index (κ2) is 5.60. The summed E-state index contributed by atoms with van der Waals surface area (Å²) in [5.41, 5.74) is 0. The lowest BCUT2D eigenvalue weighted by molar-refractivity contribution is 0.271. The van der Waals surface area contributed by atoms with E-state index in [1.807, 2.05) is 6.08 Å². The molecule has 0 N–H and O–H groups in total. The van der Waals surface area contributed by atoms with Crippen LogP contribution >= 0.6 is 11.6 Å². The van der Waals surface area contributed by atoms with E-state index in [0.717, 1.165) is 12.6 Å². The average molecular weight is 188 g/mol. The highest BCUT2D eigenvalue weighted by Gasteiger charge is 2.17. The van der Waals surface area contributed by atoms with Gasteiger partial charge in [0.1, 0.15) is 0 Å². The first kappa shape index (κ1) is 10.1. The summed E-state index contributed by atoms with van der Waals surface area (Å²) >= 11 is 5.54. The monoisotopic (exact) mass is 187 g/mol. The number of likely N-dealkylation sites (N-methyl/N-ethyl adjacent to an activating group) is 1. The molecule has 0 radical (unpaired) electrons. The van der Waals surface area contributed by atoms with Gasteiger partial charge in [-0.25, -0.2) is 0 Å². The molecular weight excluding hydrogens is 170 g/mol. The minimum Gasteiger partial charge on any atom is -0.300 e. The predicted octanol–water partition coefficient (Wildman–Crippen LogP) is 2.66. The summed E-state index contributed by atoms with van der Waals surface area (Å²) in [6, 6.07) is 0.824. The van der Waals surface area contributed by atoms with Gasteiger partial charge in [-0.05, 0) is 19.9 Å². The molecule has 0 saturated heterocycles. The van der Waals surface area contributed by atoms with E-state index in [1.165, 1.54) is 25.7 Å². The Morgan fingerprint density at radius 1 is 1.33 bits per heavy atom. The quantitative estimate of drug-likeness (QED) is 0.483. The normalized spacial score (nSPS) is 19.9. The van der Waals surface area contributed by atoms with Crippen LogP contribution in [0.2, 0.25) is 0 Å². The van der Waals surface area contributed by atoms with Crippen LogP contribution in [0.1, 0.15) is 25.7 Å². The van der Waals surface area contributed by atoms with Crippen LogP contribution in [0.4, 0.5) is 0 Å². The fraction of sp³-hybridized carbons (Fsp3) is 0.800. The van der Waals surface area contributed by atoms with Crippen LogP contribution in [0.15, 0.2) is 12.2 Å². The molecule has 1 saturated carbocycles. The highest BCUT2D eigenvalue weighted by molar-refractivity contribution is 6.18. The van der Waals surface area contributed by atoms with Crippen molar-refractivity contribution >= 4 is 11.6 Å². The van der Waals surface area contributed by atoms with Crippen molar-refractivity contribution in [3.8, 4) is 0 Å². The van der Waals surface area contributed by atoms with Crippen LogP contribution in [0.25, 0.3) is 0 Å². The first-order chi connectivity index (χ1) is 5.84. The number of hydrogen-bond donors (Lipinski definition) is 0. The van der Waals surface area contributed by atoms with Gasteiger partial charge >= 0.3 is 0 Å². The Bertz CT molecular complexity index is 139. The summed E-state index contributed by atoms with van der Waals surface area (Å²) in [6.45, 7) is 1.05. The molecule has 0 aromatic rings. The first-order valence-corrected chi connectivity index (χ1v) is 5.29. The minimum atomic E-state index is 0.637. The molecule has 0 spiro atoms. The van der Waals surface area contributed by atoms with E-state index in [4.69, 9.17) is 11.6 Å². The van der Waals surface area contributed by atoms with E-state index in [9.17, 15) is 0 Å². The van der Waals surface area contributed by atoms with Crippen LogP contribution < -0.4 is 0 Å². The van der Waals surface area contributed by atoms with Crippen molar-refractivity contribution in [2.75, 3.05) is 19.5 Å². The van der Waals surface area contributed by atoms with Gasteiger partial charge in [0.2, 0.25) is 0 Å². The van der Waals surface area contributed by atoms with Crippen LogP contribution in [0.5, 0.6) is 0 Å². The Kier molecular flexibility index (Phi) is 4.70. The highest BCUT2D eigenvalue weighted by Crippen LogP contribution is 2.21. The van der Waals surface area contributed by atoms with Gasteiger partial charge in [0.05, 0.1) is 0 Å². The molecule has 0 aromatic heterocycles. The Labute approximate surface area is 80.4 Å². The average Bonchev–Trinajstić information content (AvgIpc) is 2.56. The van der Waals surface area contributed by atoms with Gasteiger partial charge < -0.3 is 0 Å². The van der Waals surface area contributed by atoms with Crippen molar-refractivity contribution in [2.45, 2.75) is 31.7 Å². The van der Waals surface area contributed by atoms with Gasteiger partial charge in [0.15, 0.2) is 0 Å². The summed E-state index contributed by atoms with van der Waals surface area (Å²) < 4.78 is 0. The predicted molar refractivity (Wildman–Crippen MR) is 54.7 cm³/mol. The summed E-state index contributed by atoms with van der Waals surface area (Å²) in [5.74, 6) is 0.637. The lowest BCUT2D eigenvalue weighted by Gasteiger charge is -2.21. The molecule has 1 aliphatic carbocycles. The van der Waals surface area contributed by atoms with E-state index >= 15 is 0 Å². The number of rotatable bonds is 4. The molecule has 0 aromatic carbocycles. The lowest BCUT2D eigenvalue weighted by Crippen LogP contribution is -2.29. The van der Waals surface area contributed by atoms with Gasteiger partial charge in [-0.2, -0.15) is 0 Å². The SMILES string of the molecule is CN(CC=CCCl)C1CCCC1. The van der Waals surface area contributed by atoms with Crippen molar-refractivity contribution in [2.24, 2.45) is 0 Å². The molecular formula is C10H18ClN. The van der Waals surface area contributed by atoms with E-state index < -0.39 is 0 Å². The number of allylic oxidation sites excluding steroid dienone is 1. The van der Waals surface area contributed by atoms with E-state index in [0.29, 0.717) is 5.88 Å². The molecule has 0 amide bonds. The van der Waals surface area contributed by atoms with Gasteiger partial charge in [-0.3, -0.25) is 4.90 Å². The number of hydrogen-bond acceptors (Lipinski definition) is 1. The molecule has 2 heteroatoms. The molecule has 0 unspecified atom stereocenters. The summed E-state index contributed by atoms with van der Waals surface area (Å²) in [4.78, 5) is 2.43. The fourth-order valence-corrected chi connectivity index (χ4v) is 1.92. The Morgan fingerprint density at radius 3 is 2.58 bits per heavy atom. The molecule has 0 aliphatic heterocycles. The van der Waals surface area contributed by atoms with Gasteiger partial charge in [-0.1, -0.05) is 25.0 Å². The summed E-state index contributed by atoms with van der Waals surface area (Å²) in [6.07, 6.45) is 9.76. The molecule has 0 atom stereocenters. The molecule has 70 valence electrons. The van der Waals surface area contributed by atoms with Crippen LogP contribution in [-0.2, 0) is 0 Å². The zero-order valence-electron chi connectivity index (χ0n) is 7.80. The van der Waals surface area contributed by atoms with Crippen molar-refractivity contribution < 1.29 is 0 Å². The van der Waals surface area contributed by atoms with Crippen LogP contribution in [0, 0.1) is 0 Å². The topological polar surface area (TPSA) is 3.24 Å². The fourth-order valence-electron chi connectivity index (χ4n) is 1.80. The third-order valence-electron chi connectivity index (χ3n) is 2.60. The summed E-state index contributed by atoms with van der Waals surface area (Å²) in [7, 11) is 2.20. The second-order valence-corrected chi connectivity index (χ2v) is 3.81. The Hall–Kier alpha value is -0.0100. The van der Waals surface area contributed by atoms with Gasteiger partial charge in [0, 0.05) is 18.5 Å². The Balaban J connectivity index is 2.17.